The first-order chi connectivity index (χ1) is 18.6. The van der Waals surface area contributed by atoms with Crippen molar-refractivity contribution in [1.82, 2.24) is 19.9 Å². The number of hydrogen-bond acceptors (Lipinski definition) is 5. The number of carboxylic acid groups (broad SMARTS) is 1. The van der Waals surface area contributed by atoms with Gasteiger partial charge < -0.3 is 9.84 Å². The van der Waals surface area contributed by atoms with Gasteiger partial charge in [-0.15, -0.1) is 5.10 Å². The second kappa shape index (κ2) is 9.49. The number of benzene rings is 3. The minimum absolute atomic E-state index is 0.0211. The Morgan fingerprint density at radius 2 is 1.95 bits per heavy atom. The Bertz CT molecular complexity index is 1590. The topological polar surface area (TPSA) is 80.5 Å². The molecule has 0 saturated carbocycles. The largest absolute Gasteiger partial charge is 0.486 e. The fraction of sp³-hybridized carbons (Fsp3) is 0.406. The number of hydrogen-bond donors (Lipinski definition) is 1. The van der Waals surface area contributed by atoms with Crippen LogP contribution in [-0.4, -0.2) is 43.1 Å². The zero-order valence-electron chi connectivity index (χ0n) is 23.4. The van der Waals surface area contributed by atoms with Crippen LogP contribution in [0.4, 0.5) is 0 Å². The Morgan fingerprint density at radius 3 is 2.74 bits per heavy atom. The maximum absolute atomic E-state index is 12.1. The molecule has 2 aliphatic rings. The summed E-state index contributed by atoms with van der Waals surface area (Å²) < 4.78 is 8.23. The molecule has 1 aliphatic heterocycles. The lowest BCUT2D eigenvalue weighted by atomic mass is 9.84. The van der Waals surface area contributed by atoms with Gasteiger partial charge in [0.05, 0.1) is 11.9 Å². The third kappa shape index (κ3) is 4.69. The minimum atomic E-state index is -0.811. The highest BCUT2D eigenvalue weighted by Crippen LogP contribution is 2.43. The highest BCUT2D eigenvalue weighted by atomic mass is 16.5. The highest BCUT2D eigenvalue weighted by molar-refractivity contribution is 5.80. The van der Waals surface area contributed by atoms with E-state index in [1.165, 1.54) is 22.3 Å². The molecule has 2 unspecified atom stereocenters. The summed E-state index contributed by atoms with van der Waals surface area (Å²) in [5.74, 6) is -0.113. The van der Waals surface area contributed by atoms with Gasteiger partial charge in [0, 0.05) is 37.7 Å². The summed E-state index contributed by atoms with van der Waals surface area (Å²) in [5.41, 5.74) is 9.59. The van der Waals surface area contributed by atoms with E-state index in [2.05, 4.69) is 72.4 Å². The van der Waals surface area contributed by atoms with Crippen molar-refractivity contribution in [2.24, 2.45) is 7.05 Å². The maximum Gasteiger partial charge on any atom is 0.304 e. The van der Waals surface area contributed by atoms with Crippen LogP contribution in [-0.2, 0) is 24.8 Å². The molecule has 0 amide bonds. The average molecular weight is 525 g/mol. The molecular formula is C32H36N4O3. The Balaban J connectivity index is 1.40. The molecule has 202 valence electrons. The van der Waals surface area contributed by atoms with Gasteiger partial charge in [0.1, 0.15) is 16.9 Å². The molecule has 0 radical (unpaired) electrons. The summed E-state index contributed by atoms with van der Waals surface area (Å²) in [7, 11) is 1.87. The van der Waals surface area contributed by atoms with Crippen molar-refractivity contribution in [3.05, 3.63) is 87.5 Å². The predicted molar refractivity (Wildman–Crippen MR) is 151 cm³/mol. The molecule has 0 spiro atoms. The van der Waals surface area contributed by atoms with Crippen LogP contribution in [0.1, 0.15) is 77.6 Å². The SMILES string of the molecule is Cc1ccc2c(c1)CN(C1CCc3ccc(C(CC(=O)O)c4ccc5c(nnn5C)c4C)cc31)CC(C)(C)O2. The molecule has 39 heavy (non-hydrogen) atoms. The van der Waals surface area contributed by atoms with Gasteiger partial charge in [0.2, 0.25) is 0 Å². The van der Waals surface area contributed by atoms with E-state index in [-0.39, 0.29) is 24.0 Å². The van der Waals surface area contributed by atoms with Crippen LogP contribution in [0.25, 0.3) is 11.0 Å². The van der Waals surface area contributed by atoms with E-state index in [4.69, 9.17) is 4.74 Å². The first-order valence-electron chi connectivity index (χ1n) is 13.8. The van der Waals surface area contributed by atoms with Crippen molar-refractivity contribution in [3.8, 4) is 5.75 Å². The number of carboxylic acids is 1. The Hall–Kier alpha value is -3.71. The quantitative estimate of drug-likeness (QED) is 0.353. The van der Waals surface area contributed by atoms with Gasteiger partial charge in [0.15, 0.2) is 0 Å². The lowest BCUT2D eigenvalue weighted by molar-refractivity contribution is -0.137. The summed E-state index contributed by atoms with van der Waals surface area (Å²) in [6.07, 6.45) is 2.09. The number of nitrogens with zero attached hydrogens (tertiary/aromatic N) is 4. The molecule has 7 nitrogen and oxygen atoms in total. The summed E-state index contributed by atoms with van der Waals surface area (Å²) in [5, 5.41) is 18.4. The second-order valence-electron chi connectivity index (χ2n) is 11.9. The fourth-order valence-corrected chi connectivity index (χ4v) is 6.65. The Labute approximate surface area is 229 Å². The van der Waals surface area contributed by atoms with Gasteiger partial charge in [-0.05, 0) is 80.5 Å². The molecule has 1 aromatic heterocycles. The molecule has 0 bridgehead atoms. The zero-order chi connectivity index (χ0) is 27.5. The number of carbonyl (C=O) groups is 1. The molecule has 0 fully saturated rings. The number of aliphatic carboxylic acids is 1. The van der Waals surface area contributed by atoms with E-state index in [0.29, 0.717) is 0 Å². The first kappa shape index (κ1) is 25.6. The molecule has 4 aromatic rings. The van der Waals surface area contributed by atoms with Crippen LogP contribution in [0.2, 0.25) is 0 Å². The summed E-state index contributed by atoms with van der Waals surface area (Å²) in [6.45, 7) is 10.1. The molecule has 2 heterocycles. The molecule has 3 aromatic carbocycles. The average Bonchev–Trinajstić information content (AvgIpc) is 3.44. The van der Waals surface area contributed by atoms with E-state index in [1.807, 2.05) is 26.1 Å². The van der Waals surface area contributed by atoms with Gasteiger partial charge >= 0.3 is 5.97 Å². The lowest BCUT2D eigenvalue weighted by Crippen LogP contribution is -2.41. The monoisotopic (exact) mass is 524 g/mol. The van der Waals surface area contributed by atoms with Crippen molar-refractivity contribution in [1.29, 1.82) is 0 Å². The van der Waals surface area contributed by atoms with E-state index >= 15 is 0 Å². The van der Waals surface area contributed by atoms with Gasteiger partial charge in [-0.3, -0.25) is 9.69 Å². The molecule has 1 N–H and O–H groups in total. The molecular weight excluding hydrogens is 488 g/mol. The summed E-state index contributed by atoms with van der Waals surface area (Å²) >= 11 is 0. The van der Waals surface area contributed by atoms with Gasteiger partial charge in [0.25, 0.3) is 0 Å². The third-order valence-corrected chi connectivity index (χ3v) is 8.45. The number of aryl methyl sites for hydroxylation is 4. The number of fused-ring (bicyclic) bond motifs is 3. The maximum atomic E-state index is 12.1. The van der Waals surface area contributed by atoms with Crippen LogP contribution in [0.15, 0.2) is 48.5 Å². The van der Waals surface area contributed by atoms with E-state index < -0.39 is 5.97 Å². The Kier molecular flexibility index (Phi) is 6.22. The summed E-state index contributed by atoms with van der Waals surface area (Å²) in [6, 6.07) is 17.4. The van der Waals surface area contributed by atoms with Crippen molar-refractivity contribution < 1.29 is 14.6 Å². The van der Waals surface area contributed by atoms with Crippen LogP contribution >= 0.6 is 0 Å². The van der Waals surface area contributed by atoms with E-state index in [9.17, 15) is 9.90 Å². The molecule has 6 rings (SSSR count). The number of aromatic nitrogens is 3. The minimum Gasteiger partial charge on any atom is -0.486 e. The van der Waals surface area contributed by atoms with Crippen molar-refractivity contribution >= 4 is 17.0 Å². The summed E-state index contributed by atoms with van der Waals surface area (Å²) in [4.78, 5) is 14.6. The highest BCUT2D eigenvalue weighted by Gasteiger charge is 2.36. The number of rotatable bonds is 5. The van der Waals surface area contributed by atoms with Gasteiger partial charge in [-0.2, -0.15) is 0 Å². The van der Waals surface area contributed by atoms with Crippen molar-refractivity contribution in [2.45, 2.75) is 71.1 Å². The van der Waals surface area contributed by atoms with E-state index in [0.717, 1.165) is 59.4 Å². The van der Waals surface area contributed by atoms with Crippen molar-refractivity contribution in [2.75, 3.05) is 6.54 Å². The molecule has 1 aliphatic carbocycles. The third-order valence-electron chi connectivity index (χ3n) is 8.45. The molecule has 2 atom stereocenters. The second-order valence-corrected chi connectivity index (χ2v) is 11.9. The molecule has 0 saturated heterocycles. The predicted octanol–water partition coefficient (Wildman–Crippen LogP) is 5.85. The van der Waals surface area contributed by atoms with Crippen LogP contribution in [0.5, 0.6) is 5.75 Å². The zero-order valence-corrected chi connectivity index (χ0v) is 23.4. The van der Waals surface area contributed by atoms with Crippen LogP contribution in [0, 0.1) is 13.8 Å². The standard InChI is InChI=1S/C32H36N4O3/c1-19-6-13-29-23(14-19)17-36(18-32(3,4)39-29)27-11-9-21-7-8-22(15-26(21)27)25(16-30(37)38)24-10-12-28-31(20(24)2)33-34-35(28)5/h6-8,10,12-15,25,27H,9,11,16-18H2,1-5H3,(H,37,38). The van der Waals surface area contributed by atoms with Crippen LogP contribution in [0.3, 0.4) is 0 Å². The lowest BCUT2D eigenvalue weighted by Gasteiger charge is -2.34. The number of ether oxygens (including phenoxy) is 1. The van der Waals surface area contributed by atoms with Gasteiger partial charge in [-0.25, -0.2) is 4.68 Å². The first-order valence-corrected chi connectivity index (χ1v) is 13.8. The smallest absolute Gasteiger partial charge is 0.304 e. The normalized spacial score (nSPS) is 19.3. The van der Waals surface area contributed by atoms with Crippen LogP contribution < -0.4 is 4.74 Å². The fourth-order valence-electron chi connectivity index (χ4n) is 6.65. The van der Waals surface area contributed by atoms with E-state index in [1.54, 1.807) is 4.68 Å². The Morgan fingerprint density at radius 1 is 1.13 bits per heavy atom. The van der Waals surface area contributed by atoms with Crippen molar-refractivity contribution in [3.63, 3.8) is 0 Å². The molecule has 7 heteroatoms. The van der Waals surface area contributed by atoms with Gasteiger partial charge in [-0.1, -0.05) is 47.2 Å².